The summed E-state index contributed by atoms with van der Waals surface area (Å²) >= 11 is 0. The number of nitrogens with zero attached hydrogens (tertiary/aromatic N) is 1. The first-order valence-electron chi connectivity index (χ1n) is 7.57. The Balaban J connectivity index is 2.04. The maximum absolute atomic E-state index is 12.9. The summed E-state index contributed by atoms with van der Waals surface area (Å²) in [5, 5.41) is 23.7. The number of hydrogen-bond acceptors (Lipinski definition) is 5. The van der Waals surface area contributed by atoms with Crippen molar-refractivity contribution in [1.29, 1.82) is 0 Å². The minimum Gasteiger partial charge on any atom is -0.393 e. The largest absolute Gasteiger partial charge is 0.393 e. The third-order valence-electron chi connectivity index (χ3n) is 3.73. The van der Waals surface area contributed by atoms with Gasteiger partial charge in [-0.3, -0.25) is 14.9 Å². The summed E-state index contributed by atoms with van der Waals surface area (Å²) in [6, 6.07) is 8.96. The molecule has 8 heteroatoms. The Bertz CT molecular complexity index is 780. The predicted molar refractivity (Wildman–Crippen MR) is 90.4 cm³/mol. The molecular weight excluding hydrogens is 329 g/mol. The van der Waals surface area contributed by atoms with Crippen molar-refractivity contribution in [2.75, 3.05) is 5.73 Å². The lowest BCUT2D eigenvalue weighted by molar-refractivity contribution is -0.383. The number of halogens is 1. The predicted octanol–water partition coefficient (Wildman–Crippen LogP) is 2.56. The van der Waals surface area contributed by atoms with Crippen molar-refractivity contribution in [2.45, 2.75) is 25.5 Å². The molecule has 0 aliphatic carbocycles. The maximum Gasteiger partial charge on any atom is 0.292 e. The molecule has 0 aliphatic rings. The van der Waals surface area contributed by atoms with E-state index in [2.05, 4.69) is 5.32 Å². The summed E-state index contributed by atoms with van der Waals surface area (Å²) in [4.78, 5) is 22.5. The van der Waals surface area contributed by atoms with E-state index in [1.54, 1.807) is 6.92 Å². The van der Waals surface area contributed by atoms with Crippen molar-refractivity contribution in [2.24, 2.45) is 0 Å². The minimum absolute atomic E-state index is 0.00248. The number of carbonyl (C=O) groups is 1. The van der Waals surface area contributed by atoms with Gasteiger partial charge >= 0.3 is 0 Å². The van der Waals surface area contributed by atoms with Gasteiger partial charge in [-0.2, -0.15) is 0 Å². The monoisotopic (exact) mass is 347 g/mol. The van der Waals surface area contributed by atoms with E-state index < -0.39 is 28.8 Å². The van der Waals surface area contributed by atoms with Crippen LogP contribution in [0.3, 0.4) is 0 Å². The van der Waals surface area contributed by atoms with Gasteiger partial charge in [0.05, 0.1) is 16.6 Å². The molecule has 0 bridgehead atoms. The van der Waals surface area contributed by atoms with Crippen LogP contribution >= 0.6 is 0 Å². The van der Waals surface area contributed by atoms with Crippen LogP contribution < -0.4 is 11.1 Å². The number of anilines is 1. The van der Waals surface area contributed by atoms with Crippen LogP contribution in [0.4, 0.5) is 15.8 Å². The zero-order chi connectivity index (χ0) is 18.6. The molecule has 0 fully saturated rings. The molecule has 2 aromatic rings. The first kappa shape index (κ1) is 18.3. The van der Waals surface area contributed by atoms with Gasteiger partial charge in [0.2, 0.25) is 0 Å². The highest BCUT2D eigenvalue weighted by molar-refractivity contribution is 6.01. The Labute approximate surface area is 143 Å². The molecule has 0 aliphatic heterocycles. The lowest BCUT2D eigenvalue weighted by Gasteiger charge is -2.18. The Morgan fingerprint density at radius 1 is 1.32 bits per heavy atom. The number of nitrogens with two attached hydrogens (primary N) is 1. The third kappa shape index (κ3) is 4.51. The van der Waals surface area contributed by atoms with Crippen molar-refractivity contribution in [3.63, 3.8) is 0 Å². The van der Waals surface area contributed by atoms with E-state index in [1.807, 2.05) is 0 Å². The number of para-hydroxylation sites is 1. The highest BCUT2D eigenvalue weighted by Crippen LogP contribution is 2.25. The van der Waals surface area contributed by atoms with Crippen molar-refractivity contribution in [1.82, 2.24) is 5.32 Å². The molecule has 25 heavy (non-hydrogen) atoms. The molecule has 2 atom stereocenters. The van der Waals surface area contributed by atoms with Crippen LogP contribution in [-0.2, 0) is 0 Å². The van der Waals surface area contributed by atoms with Crippen LogP contribution in [0, 0.1) is 15.9 Å². The lowest BCUT2D eigenvalue weighted by atomic mass is 10.0. The van der Waals surface area contributed by atoms with E-state index >= 15 is 0 Å². The zero-order valence-corrected chi connectivity index (χ0v) is 13.5. The van der Waals surface area contributed by atoms with Gasteiger partial charge in [-0.25, -0.2) is 4.39 Å². The number of hydrogen-bond donors (Lipinski definition) is 3. The van der Waals surface area contributed by atoms with Gasteiger partial charge in [-0.1, -0.05) is 18.2 Å². The number of benzene rings is 2. The van der Waals surface area contributed by atoms with Crippen molar-refractivity contribution in [3.05, 3.63) is 69.5 Å². The molecule has 132 valence electrons. The van der Waals surface area contributed by atoms with Gasteiger partial charge in [0, 0.05) is 12.1 Å². The average Bonchev–Trinajstić information content (AvgIpc) is 2.54. The number of amides is 1. The Kier molecular flexibility index (Phi) is 5.66. The fraction of sp³-hybridized carbons (Fsp3) is 0.235. The molecule has 2 rings (SSSR count). The molecule has 4 N–H and O–H groups in total. The number of nitrogens with one attached hydrogen (secondary N) is 1. The summed E-state index contributed by atoms with van der Waals surface area (Å²) < 4.78 is 12.9. The van der Waals surface area contributed by atoms with Crippen LogP contribution in [0.5, 0.6) is 0 Å². The third-order valence-corrected chi connectivity index (χ3v) is 3.73. The number of nitro groups is 1. The van der Waals surface area contributed by atoms with Crippen molar-refractivity contribution < 1.29 is 19.2 Å². The first-order chi connectivity index (χ1) is 11.8. The van der Waals surface area contributed by atoms with Crippen LogP contribution in [0.15, 0.2) is 42.5 Å². The normalized spacial score (nSPS) is 13.1. The van der Waals surface area contributed by atoms with Crippen LogP contribution in [0.1, 0.15) is 35.4 Å². The van der Waals surface area contributed by atoms with Crippen LogP contribution in [0.25, 0.3) is 0 Å². The fourth-order valence-electron chi connectivity index (χ4n) is 2.43. The molecule has 1 amide bonds. The molecule has 0 saturated heterocycles. The molecule has 2 aromatic carbocycles. The van der Waals surface area contributed by atoms with Crippen molar-refractivity contribution in [3.8, 4) is 0 Å². The standard InChI is InChI=1S/C17H18FN3O4/c1-10(9-15(22)11-5-7-12(18)8-6-11)20-17(23)13-3-2-4-14(16(13)19)21(24)25/h2-8,10,15,22H,9,19H2,1H3,(H,20,23). The number of nitro benzene ring substituents is 1. The summed E-state index contributed by atoms with van der Waals surface area (Å²) in [5.74, 6) is -0.974. The average molecular weight is 347 g/mol. The quantitative estimate of drug-likeness (QED) is 0.421. The van der Waals surface area contributed by atoms with Crippen molar-refractivity contribution >= 4 is 17.3 Å². The molecule has 0 heterocycles. The van der Waals surface area contributed by atoms with E-state index in [1.165, 1.54) is 42.5 Å². The van der Waals surface area contributed by atoms with Gasteiger partial charge in [0.25, 0.3) is 11.6 Å². The number of aliphatic hydroxyl groups excluding tert-OH is 1. The summed E-state index contributed by atoms with van der Waals surface area (Å²) in [7, 11) is 0. The van der Waals surface area contributed by atoms with Gasteiger partial charge in [-0.15, -0.1) is 0 Å². The van der Waals surface area contributed by atoms with E-state index in [-0.39, 0.29) is 23.4 Å². The highest BCUT2D eigenvalue weighted by Gasteiger charge is 2.21. The lowest BCUT2D eigenvalue weighted by Crippen LogP contribution is -2.34. The summed E-state index contributed by atoms with van der Waals surface area (Å²) in [5.41, 5.74) is 5.65. The number of rotatable bonds is 6. The van der Waals surface area contributed by atoms with Gasteiger partial charge in [-0.05, 0) is 37.1 Å². The fourth-order valence-corrected chi connectivity index (χ4v) is 2.43. The zero-order valence-electron chi connectivity index (χ0n) is 13.5. The summed E-state index contributed by atoms with van der Waals surface area (Å²) in [6.45, 7) is 1.68. The maximum atomic E-state index is 12.9. The van der Waals surface area contributed by atoms with Gasteiger partial charge < -0.3 is 16.2 Å². The second-order valence-electron chi connectivity index (χ2n) is 5.67. The number of aliphatic hydroxyl groups is 1. The molecule has 0 radical (unpaired) electrons. The Hall–Kier alpha value is -3.00. The Morgan fingerprint density at radius 3 is 2.56 bits per heavy atom. The van der Waals surface area contributed by atoms with E-state index in [0.717, 1.165) is 0 Å². The SMILES string of the molecule is CC(CC(O)c1ccc(F)cc1)NC(=O)c1cccc([N+](=O)[O-])c1N. The number of carbonyl (C=O) groups excluding carboxylic acids is 1. The molecule has 2 unspecified atom stereocenters. The van der Waals surface area contributed by atoms with E-state index in [9.17, 15) is 24.4 Å². The smallest absolute Gasteiger partial charge is 0.292 e. The first-order valence-corrected chi connectivity index (χ1v) is 7.57. The van der Waals surface area contributed by atoms with Crippen LogP contribution in [-0.4, -0.2) is 22.0 Å². The molecule has 7 nitrogen and oxygen atoms in total. The Morgan fingerprint density at radius 2 is 1.96 bits per heavy atom. The molecule has 0 spiro atoms. The summed E-state index contributed by atoms with van der Waals surface area (Å²) in [6.07, 6.45) is -0.704. The minimum atomic E-state index is -0.890. The van der Waals surface area contributed by atoms with Crippen LogP contribution in [0.2, 0.25) is 0 Å². The number of nitrogen functional groups attached to an aromatic ring is 1. The molecule has 0 saturated carbocycles. The molecular formula is C17H18FN3O4. The second kappa shape index (κ2) is 7.71. The molecule has 0 aromatic heterocycles. The second-order valence-corrected chi connectivity index (χ2v) is 5.67. The topological polar surface area (TPSA) is 118 Å². The van der Waals surface area contributed by atoms with E-state index in [0.29, 0.717) is 5.56 Å². The van der Waals surface area contributed by atoms with Gasteiger partial charge in [0.1, 0.15) is 11.5 Å². The van der Waals surface area contributed by atoms with Gasteiger partial charge in [0.15, 0.2) is 0 Å². The van der Waals surface area contributed by atoms with E-state index in [4.69, 9.17) is 5.73 Å². The highest BCUT2D eigenvalue weighted by atomic mass is 19.1.